The third kappa shape index (κ3) is 99.0. The normalized spacial score (nSPS) is 4.00. The van der Waals surface area contributed by atoms with Gasteiger partial charge in [0.25, 0.3) is 0 Å². The van der Waals surface area contributed by atoms with Crippen LogP contribution in [0, 0.1) is 48.6 Å². The van der Waals surface area contributed by atoms with Crippen LogP contribution in [0.3, 0.4) is 0 Å². The van der Waals surface area contributed by atoms with Gasteiger partial charge in [0.2, 0.25) is 0 Å². The first-order valence-corrected chi connectivity index (χ1v) is 1.67. The highest BCUT2D eigenvalue weighted by Gasteiger charge is 1.28. The minimum absolute atomic E-state index is 1.75. The van der Waals surface area contributed by atoms with E-state index in [9.17, 15) is 0 Å². The Labute approximate surface area is 76.3 Å². The Morgan fingerprint density at radius 3 is 0.400 bits per heavy atom. The Balaban J connectivity index is -0.0000000278. The van der Waals surface area contributed by atoms with E-state index in [4.69, 9.17) is 51.1 Å². The molecule has 15 heteroatoms. The first-order valence-electron chi connectivity index (χ1n) is 1.67. The molecule has 15 heavy (non-hydrogen) atoms. The van der Waals surface area contributed by atoms with Crippen LogP contribution in [0.4, 0.5) is 0 Å². The zero-order valence-electron chi connectivity index (χ0n) is 6.12. The van der Waals surface area contributed by atoms with Crippen LogP contribution < -0.4 is 26.3 Å². The highest BCUT2D eigenvalue weighted by molar-refractivity contribution is 4.21. The molecule has 0 saturated heterocycles. The van der Waals surface area contributed by atoms with Crippen molar-refractivity contribution in [2.45, 2.75) is 0 Å². The monoisotopic (exact) mass is 240 g/mol. The maximum Gasteiger partial charge on any atom is 0.154 e. The Hall–Kier alpha value is -3.00. The highest BCUT2D eigenvalue weighted by atomic mass is 17.2. The van der Waals surface area contributed by atoms with Crippen LogP contribution in [0.15, 0.2) is 0 Å². The van der Waals surface area contributed by atoms with E-state index in [2.05, 4.69) is 0 Å². The van der Waals surface area contributed by atoms with Gasteiger partial charge >= 0.3 is 0 Å². The highest BCUT2D eigenvalue weighted by Crippen LogP contribution is 1.02. The zero-order chi connectivity index (χ0) is 13.5. The second-order valence-corrected chi connectivity index (χ2v) is 0.340. The number of rotatable bonds is 0. The van der Waals surface area contributed by atoms with Gasteiger partial charge in [-0.1, -0.05) is 51.1 Å². The molecule has 0 bridgehead atoms. The van der Waals surface area contributed by atoms with E-state index in [1.165, 1.54) is 0 Å². The fourth-order valence-corrected chi connectivity index (χ4v) is 0. The summed E-state index contributed by atoms with van der Waals surface area (Å²) in [7, 11) is 0. The lowest BCUT2D eigenvalue weighted by atomic mass is 14.8. The summed E-state index contributed by atoms with van der Waals surface area (Å²) in [5, 5.41) is 39.4. The van der Waals surface area contributed by atoms with E-state index in [0.29, 0.717) is 0 Å². The number of hydrogen-bond donors (Lipinski definition) is 0. The van der Waals surface area contributed by atoms with Gasteiger partial charge in [-0.25, -0.2) is 0 Å². The lowest BCUT2D eigenvalue weighted by Gasteiger charge is -1.19. The average Bonchev–Trinajstić information content (AvgIpc) is 2.09. The Morgan fingerprint density at radius 2 is 0.400 bits per heavy atom. The third-order valence-electron chi connectivity index (χ3n) is 0. The molecule has 0 aromatic carbocycles. The molecule has 0 aromatic heterocycles. The molecule has 0 aliphatic carbocycles. The molecule has 0 radical (unpaired) electrons. The van der Waals surface area contributed by atoms with Crippen molar-refractivity contribution < 1.29 is 26.3 Å². The quantitative estimate of drug-likeness (QED) is 0.220. The van der Waals surface area contributed by atoms with E-state index >= 15 is 0 Å². The van der Waals surface area contributed by atoms with Crippen LogP contribution in [0.2, 0.25) is 0 Å². The van der Waals surface area contributed by atoms with Crippen LogP contribution >= 0.6 is 0 Å². The molecule has 0 fully saturated rings. The van der Waals surface area contributed by atoms with Gasteiger partial charge in [0, 0.05) is 0 Å². The van der Waals surface area contributed by atoms with Gasteiger partial charge in [-0.05, 0) is 0 Å². The molecule has 0 aliphatic heterocycles. The van der Waals surface area contributed by atoms with Gasteiger partial charge in [0.1, 0.15) is 0 Å². The van der Waals surface area contributed by atoms with Crippen molar-refractivity contribution in [3.05, 3.63) is 48.6 Å². The van der Waals surface area contributed by atoms with Crippen molar-refractivity contribution in [3.63, 3.8) is 0 Å². The van der Waals surface area contributed by atoms with Crippen molar-refractivity contribution in [2.75, 3.05) is 0 Å². The standard InChI is InChI=1S/5O3/c5*1-3-2. The van der Waals surface area contributed by atoms with Crippen LogP contribution in [0.25, 0.3) is 0 Å². The maximum atomic E-state index is 7.88. The minimum Gasteiger partial charge on any atom is -0.0772 e. The SMILES string of the molecule is O=[O+][O-].O=[O+][O-].O=[O+][O-].O=[O+][O-].O=[O+][O-]. The first-order chi connectivity index (χ1) is 7.07. The molecule has 0 aromatic rings. The predicted octanol–water partition coefficient (Wildman–Crippen LogP) is -5.61. The molecule has 0 heterocycles. The Morgan fingerprint density at radius 1 is 0.400 bits per heavy atom. The molecule has 0 saturated carbocycles. The molecule has 90 valence electrons. The number of hydrogen-bond acceptors (Lipinski definition) is 10. The summed E-state index contributed by atoms with van der Waals surface area (Å²) in [5.74, 6) is 0. The molecule has 0 rings (SSSR count). The van der Waals surface area contributed by atoms with Gasteiger partial charge in [-0.3, -0.25) is 0 Å². The van der Waals surface area contributed by atoms with E-state index in [-0.39, 0.29) is 0 Å². The average molecular weight is 240 g/mol. The molecular formula is O15. The maximum absolute atomic E-state index is 7.88. The second kappa shape index (κ2) is 275. The van der Waals surface area contributed by atoms with Crippen molar-refractivity contribution in [3.8, 4) is 0 Å². The van der Waals surface area contributed by atoms with Crippen LogP contribution in [0.1, 0.15) is 0 Å². The van der Waals surface area contributed by atoms with Crippen LogP contribution in [0.5, 0.6) is 0 Å². The second-order valence-electron chi connectivity index (χ2n) is 0.340. The summed E-state index contributed by atoms with van der Waals surface area (Å²) in [4.78, 5) is 39.4. The van der Waals surface area contributed by atoms with Crippen molar-refractivity contribution in [2.24, 2.45) is 0 Å². The fraction of sp³-hybridized carbons (Fsp3) is 0. The summed E-state index contributed by atoms with van der Waals surface area (Å²) in [6.07, 6.45) is 0. The van der Waals surface area contributed by atoms with Crippen LogP contribution in [-0.4, -0.2) is 0 Å². The molecule has 15 nitrogen and oxygen atoms in total. The van der Waals surface area contributed by atoms with Gasteiger partial charge in [0.15, 0.2) is 23.7 Å². The smallest absolute Gasteiger partial charge is 0.0772 e. The van der Waals surface area contributed by atoms with Crippen molar-refractivity contribution in [1.29, 1.82) is 0 Å². The minimum atomic E-state index is 1.75. The Bertz CT molecular complexity index is 72.4. The van der Waals surface area contributed by atoms with E-state index in [1.54, 1.807) is 23.7 Å². The van der Waals surface area contributed by atoms with E-state index < -0.39 is 0 Å². The third-order valence-corrected chi connectivity index (χ3v) is 0. The molecule has 0 atom stereocenters. The van der Waals surface area contributed by atoms with E-state index in [0.717, 1.165) is 0 Å². The van der Waals surface area contributed by atoms with Gasteiger partial charge in [0.05, 0.1) is 0 Å². The summed E-state index contributed by atoms with van der Waals surface area (Å²) in [5.41, 5.74) is 0. The molecule has 0 spiro atoms. The van der Waals surface area contributed by atoms with E-state index in [1.807, 2.05) is 0 Å². The summed E-state index contributed by atoms with van der Waals surface area (Å²) < 4.78 is 8.75. The largest absolute Gasteiger partial charge is 0.154 e. The Kier molecular flexibility index (Phi) is 543. The van der Waals surface area contributed by atoms with Gasteiger partial charge in [-0.15, -0.1) is 0 Å². The summed E-state index contributed by atoms with van der Waals surface area (Å²) in [6.45, 7) is 0. The molecule has 0 N–H and O–H groups in total. The first kappa shape index (κ1) is 29.6. The summed E-state index contributed by atoms with van der Waals surface area (Å²) in [6, 6.07) is 0. The van der Waals surface area contributed by atoms with Crippen LogP contribution in [-0.2, 0) is 0 Å². The molecule has 0 unspecified atom stereocenters. The molecule has 0 amide bonds. The fourth-order valence-electron chi connectivity index (χ4n) is 0. The lowest BCUT2D eigenvalue weighted by Crippen LogP contribution is -1.82. The molecular weight excluding hydrogens is 240 g/mol. The lowest BCUT2D eigenvalue weighted by molar-refractivity contribution is -0.285. The predicted molar refractivity (Wildman–Crippen MR) is 33.7 cm³/mol. The van der Waals surface area contributed by atoms with Crippen molar-refractivity contribution in [1.82, 2.24) is 0 Å². The van der Waals surface area contributed by atoms with Crippen molar-refractivity contribution >= 4 is 0 Å². The summed E-state index contributed by atoms with van der Waals surface area (Å²) >= 11 is 0. The van der Waals surface area contributed by atoms with Gasteiger partial charge in [-0.2, -0.15) is 0 Å². The zero-order valence-corrected chi connectivity index (χ0v) is 6.12. The molecule has 0 aliphatic rings. The topological polar surface area (TPSA) is 257 Å². The van der Waals surface area contributed by atoms with Gasteiger partial charge < -0.3 is 0 Å².